The van der Waals surface area contributed by atoms with Crippen molar-refractivity contribution >= 4 is 41.6 Å². The molecule has 1 aliphatic heterocycles. The molecular weight excluding hydrogens is 319 g/mol. The van der Waals surface area contributed by atoms with Gasteiger partial charge in [0, 0.05) is 18.8 Å². The zero-order valence-electron chi connectivity index (χ0n) is 11.3. The van der Waals surface area contributed by atoms with Gasteiger partial charge in [0.15, 0.2) is 0 Å². The van der Waals surface area contributed by atoms with Gasteiger partial charge in [-0.1, -0.05) is 11.6 Å². The highest BCUT2D eigenvalue weighted by Gasteiger charge is 2.22. The zero-order chi connectivity index (χ0) is 14.5. The first kappa shape index (κ1) is 17.7. The number of nitrogens with one attached hydrogen (secondary N) is 2. The number of morpholine rings is 1. The van der Waals surface area contributed by atoms with Gasteiger partial charge in [-0.3, -0.25) is 4.79 Å². The number of anilines is 1. The van der Waals surface area contributed by atoms with E-state index in [1.165, 1.54) is 19.2 Å². The molecule has 1 aliphatic rings. The Morgan fingerprint density at radius 3 is 2.81 bits per heavy atom. The van der Waals surface area contributed by atoms with Crippen LogP contribution in [-0.4, -0.2) is 44.8 Å². The molecular formula is C13H16Cl2N2O4. The molecule has 0 unspecified atom stereocenters. The third kappa shape index (κ3) is 4.57. The first-order valence-corrected chi connectivity index (χ1v) is 6.50. The summed E-state index contributed by atoms with van der Waals surface area (Å²) < 4.78 is 9.93. The van der Waals surface area contributed by atoms with E-state index >= 15 is 0 Å². The first-order chi connectivity index (χ1) is 9.61. The molecule has 6 nitrogen and oxygen atoms in total. The van der Waals surface area contributed by atoms with Crippen molar-refractivity contribution in [2.45, 2.75) is 6.10 Å². The number of amides is 1. The standard InChI is InChI=1S/C13H15ClN2O4.ClH/c1-19-13(18)9-3-2-8(6-10(9)14)16-12(17)11-7-15-4-5-20-11;/h2-3,6,11,15H,4-5,7H2,1H3,(H,16,17);1H/t11-;/m1./s1. The fourth-order valence-electron chi connectivity index (χ4n) is 1.82. The van der Waals surface area contributed by atoms with Crippen molar-refractivity contribution in [3.8, 4) is 0 Å². The molecule has 0 radical (unpaired) electrons. The van der Waals surface area contributed by atoms with Crippen molar-refractivity contribution in [3.05, 3.63) is 28.8 Å². The van der Waals surface area contributed by atoms with Crippen LogP contribution in [0.15, 0.2) is 18.2 Å². The van der Waals surface area contributed by atoms with Crippen LogP contribution in [-0.2, 0) is 14.3 Å². The van der Waals surface area contributed by atoms with E-state index in [1.54, 1.807) is 6.07 Å². The van der Waals surface area contributed by atoms with Gasteiger partial charge in [-0.05, 0) is 18.2 Å². The smallest absolute Gasteiger partial charge is 0.339 e. The topological polar surface area (TPSA) is 76.7 Å². The molecule has 0 spiro atoms. The van der Waals surface area contributed by atoms with Crippen molar-refractivity contribution in [2.24, 2.45) is 0 Å². The van der Waals surface area contributed by atoms with Crippen LogP contribution in [0.25, 0.3) is 0 Å². The van der Waals surface area contributed by atoms with Gasteiger partial charge in [-0.15, -0.1) is 12.4 Å². The Labute approximate surface area is 133 Å². The van der Waals surface area contributed by atoms with Crippen molar-refractivity contribution in [2.75, 3.05) is 32.1 Å². The van der Waals surface area contributed by atoms with Crippen molar-refractivity contribution in [1.82, 2.24) is 5.32 Å². The van der Waals surface area contributed by atoms with Crippen LogP contribution in [0.2, 0.25) is 5.02 Å². The molecule has 1 saturated heterocycles. The summed E-state index contributed by atoms with van der Waals surface area (Å²) in [7, 11) is 1.28. The minimum absolute atomic E-state index is 0. The number of esters is 1. The molecule has 116 valence electrons. The quantitative estimate of drug-likeness (QED) is 0.818. The maximum Gasteiger partial charge on any atom is 0.339 e. The molecule has 1 atom stereocenters. The normalized spacial score (nSPS) is 17.5. The Kier molecular flexibility index (Phi) is 6.91. The fourth-order valence-corrected chi connectivity index (χ4v) is 2.08. The molecule has 0 saturated carbocycles. The van der Waals surface area contributed by atoms with E-state index in [-0.39, 0.29) is 28.9 Å². The molecule has 1 fully saturated rings. The first-order valence-electron chi connectivity index (χ1n) is 6.13. The van der Waals surface area contributed by atoms with Crippen LogP contribution in [0.1, 0.15) is 10.4 Å². The fraction of sp³-hybridized carbons (Fsp3) is 0.385. The second kappa shape index (κ2) is 8.19. The van der Waals surface area contributed by atoms with Gasteiger partial charge in [-0.25, -0.2) is 4.79 Å². The average molecular weight is 335 g/mol. The number of halogens is 2. The molecule has 1 aromatic rings. The summed E-state index contributed by atoms with van der Waals surface area (Å²) in [6, 6.07) is 4.60. The van der Waals surface area contributed by atoms with Crippen molar-refractivity contribution in [3.63, 3.8) is 0 Å². The Balaban J connectivity index is 0.00000220. The molecule has 0 aromatic heterocycles. The summed E-state index contributed by atoms with van der Waals surface area (Å²) >= 11 is 5.98. The van der Waals surface area contributed by atoms with Crippen molar-refractivity contribution in [1.29, 1.82) is 0 Å². The third-order valence-corrected chi connectivity index (χ3v) is 3.17. The van der Waals surface area contributed by atoms with Crippen LogP contribution in [0.5, 0.6) is 0 Å². The van der Waals surface area contributed by atoms with E-state index in [0.29, 0.717) is 18.8 Å². The largest absolute Gasteiger partial charge is 0.465 e. The van der Waals surface area contributed by atoms with Crippen LogP contribution >= 0.6 is 24.0 Å². The number of carbonyl (C=O) groups excluding carboxylic acids is 2. The molecule has 0 bridgehead atoms. The van der Waals surface area contributed by atoms with E-state index in [0.717, 1.165) is 6.54 Å². The molecule has 2 N–H and O–H groups in total. The molecule has 1 amide bonds. The molecule has 0 aliphatic carbocycles. The number of ether oxygens (including phenoxy) is 2. The summed E-state index contributed by atoms with van der Waals surface area (Å²) in [6.45, 7) is 1.71. The predicted molar refractivity (Wildman–Crippen MR) is 81.3 cm³/mol. The highest BCUT2D eigenvalue weighted by Crippen LogP contribution is 2.22. The minimum Gasteiger partial charge on any atom is -0.465 e. The highest BCUT2D eigenvalue weighted by molar-refractivity contribution is 6.34. The van der Waals surface area contributed by atoms with Crippen LogP contribution in [0.4, 0.5) is 5.69 Å². The number of methoxy groups -OCH3 is 1. The maximum atomic E-state index is 11.9. The van der Waals surface area contributed by atoms with E-state index in [1.807, 2.05) is 0 Å². The molecule has 1 heterocycles. The number of hydrogen-bond acceptors (Lipinski definition) is 5. The average Bonchev–Trinajstić information content (AvgIpc) is 2.47. The maximum absolute atomic E-state index is 11.9. The lowest BCUT2D eigenvalue weighted by atomic mass is 10.2. The zero-order valence-corrected chi connectivity index (χ0v) is 12.9. The summed E-state index contributed by atoms with van der Waals surface area (Å²) in [5.74, 6) is -0.772. The van der Waals surface area contributed by atoms with Crippen molar-refractivity contribution < 1.29 is 19.1 Å². The number of rotatable bonds is 3. The number of carbonyl (C=O) groups is 2. The highest BCUT2D eigenvalue weighted by atomic mass is 35.5. The Morgan fingerprint density at radius 1 is 1.48 bits per heavy atom. The Bertz CT molecular complexity index is 519. The third-order valence-electron chi connectivity index (χ3n) is 2.86. The lowest BCUT2D eigenvalue weighted by molar-refractivity contribution is -0.128. The van der Waals surface area contributed by atoms with Gasteiger partial charge < -0.3 is 20.1 Å². The van der Waals surface area contributed by atoms with Crippen LogP contribution in [0, 0.1) is 0 Å². The minimum atomic E-state index is -0.525. The van der Waals surface area contributed by atoms with E-state index < -0.39 is 12.1 Å². The van der Waals surface area contributed by atoms with Crippen LogP contribution < -0.4 is 10.6 Å². The Hall–Kier alpha value is -1.34. The van der Waals surface area contributed by atoms with Gasteiger partial charge in [0.1, 0.15) is 6.10 Å². The van der Waals surface area contributed by atoms with E-state index in [2.05, 4.69) is 15.4 Å². The number of benzene rings is 1. The van der Waals surface area contributed by atoms with Gasteiger partial charge in [0.05, 0.1) is 24.3 Å². The Morgan fingerprint density at radius 2 is 2.24 bits per heavy atom. The van der Waals surface area contributed by atoms with E-state index in [9.17, 15) is 9.59 Å². The predicted octanol–water partition coefficient (Wildman–Crippen LogP) is 1.48. The van der Waals surface area contributed by atoms with E-state index in [4.69, 9.17) is 16.3 Å². The summed E-state index contributed by atoms with van der Waals surface area (Å²) in [6.07, 6.45) is -0.525. The van der Waals surface area contributed by atoms with Gasteiger partial charge in [0.2, 0.25) is 0 Å². The van der Waals surface area contributed by atoms with Gasteiger partial charge in [-0.2, -0.15) is 0 Å². The second-order valence-corrected chi connectivity index (χ2v) is 4.65. The molecule has 21 heavy (non-hydrogen) atoms. The summed E-state index contributed by atoms with van der Waals surface area (Å²) in [4.78, 5) is 23.3. The van der Waals surface area contributed by atoms with Gasteiger partial charge in [0.25, 0.3) is 5.91 Å². The van der Waals surface area contributed by atoms with Gasteiger partial charge >= 0.3 is 5.97 Å². The summed E-state index contributed by atoms with van der Waals surface area (Å²) in [5.41, 5.74) is 0.754. The second-order valence-electron chi connectivity index (χ2n) is 4.24. The molecule has 1 aromatic carbocycles. The molecule has 8 heteroatoms. The number of hydrogen-bond donors (Lipinski definition) is 2. The lowest BCUT2D eigenvalue weighted by Gasteiger charge is -2.22. The van der Waals surface area contributed by atoms with Crippen LogP contribution in [0.3, 0.4) is 0 Å². The summed E-state index contributed by atoms with van der Waals surface area (Å²) in [5, 5.41) is 5.99. The monoisotopic (exact) mass is 334 g/mol. The molecule has 2 rings (SSSR count). The lowest BCUT2D eigenvalue weighted by Crippen LogP contribution is -2.45. The SMILES string of the molecule is COC(=O)c1ccc(NC(=O)[C@H]2CNCCO2)cc1Cl.Cl.